The second-order valence-corrected chi connectivity index (χ2v) is 13.5. The van der Waals surface area contributed by atoms with Gasteiger partial charge in [-0.15, -0.1) is 0 Å². The van der Waals surface area contributed by atoms with E-state index in [-0.39, 0.29) is 29.5 Å². The van der Waals surface area contributed by atoms with Crippen molar-refractivity contribution in [3.63, 3.8) is 0 Å². The average Bonchev–Trinajstić information content (AvgIpc) is 3.25. The van der Waals surface area contributed by atoms with Crippen molar-refractivity contribution in [1.29, 1.82) is 0 Å². The van der Waals surface area contributed by atoms with Crippen molar-refractivity contribution in [2.75, 3.05) is 6.54 Å². The van der Waals surface area contributed by atoms with Gasteiger partial charge < -0.3 is 14.6 Å². The van der Waals surface area contributed by atoms with E-state index in [4.69, 9.17) is 16.7 Å². The van der Waals surface area contributed by atoms with E-state index in [0.29, 0.717) is 34.4 Å². The molecule has 1 aliphatic heterocycles. The topological polar surface area (TPSA) is 96.0 Å². The number of carbonyl (C=O) groups excluding carboxylic acids is 1. The number of hydrogen-bond acceptors (Lipinski definition) is 4. The number of fused-ring (bicyclic) bond motifs is 4. The summed E-state index contributed by atoms with van der Waals surface area (Å²) in [5.41, 5.74) is 2.85. The molecule has 3 aliphatic rings. The first-order valence-corrected chi connectivity index (χ1v) is 15.0. The number of aromatic nitrogens is 4. The van der Waals surface area contributed by atoms with E-state index < -0.39 is 17.4 Å². The van der Waals surface area contributed by atoms with Gasteiger partial charge in [0.25, 0.3) is 5.91 Å². The highest BCUT2D eigenvalue weighted by atomic mass is 35.5. The molecular formula is C31H34ClFN6O3. The number of rotatable bonds is 5. The Morgan fingerprint density at radius 3 is 2.62 bits per heavy atom. The number of hydrogen-bond donors (Lipinski definition) is 1. The third kappa shape index (κ3) is 4.25. The molecular weight excluding hydrogens is 559 g/mol. The molecule has 0 radical (unpaired) electrons. The molecule has 2 bridgehead atoms. The highest BCUT2D eigenvalue weighted by molar-refractivity contribution is 6.29. The molecule has 5 heterocycles. The van der Waals surface area contributed by atoms with Gasteiger partial charge in [-0.1, -0.05) is 11.6 Å². The Kier molecular flexibility index (Phi) is 6.10. The van der Waals surface area contributed by atoms with Crippen LogP contribution in [-0.2, 0) is 6.54 Å². The molecule has 9 nitrogen and oxygen atoms in total. The highest BCUT2D eigenvalue weighted by Gasteiger charge is 2.54. The van der Waals surface area contributed by atoms with Gasteiger partial charge in [0.2, 0.25) is 0 Å². The first kappa shape index (κ1) is 27.2. The zero-order valence-electron chi connectivity index (χ0n) is 24.1. The maximum atomic E-state index is 15.8. The maximum absolute atomic E-state index is 15.8. The Morgan fingerprint density at radius 1 is 1.17 bits per heavy atom. The van der Waals surface area contributed by atoms with Crippen molar-refractivity contribution in [2.24, 2.45) is 11.8 Å². The molecule has 3 fully saturated rings. The number of halogens is 2. The van der Waals surface area contributed by atoms with E-state index >= 15 is 4.39 Å². The van der Waals surface area contributed by atoms with Gasteiger partial charge >= 0.3 is 6.09 Å². The molecule has 4 aromatic heterocycles. The molecule has 7 rings (SSSR count). The summed E-state index contributed by atoms with van der Waals surface area (Å²) in [7, 11) is 0. The van der Waals surface area contributed by atoms with Crippen LogP contribution in [-0.4, -0.2) is 70.2 Å². The number of pyridine rings is 2. The lowest BCUT2D eigenvalue weighted by Crippen LogP contribution is -2.55. The SMILES string of the molecule is Cc1c(-c2cc3ccc(Cl)nc3n2CC2CC2)nn2cc(C(=O)N3CC4CCC3[C@@H]4N(C(=O)O)C(C)(C)C)cc(F)c12. The molecule has 0 aromatic carbocycles. The summed E-state index contributed by atoms with van der Waals surface area (Å²) in [6, 6.07) is 6.47. The lowest BCUT2D eigenvalue weighted by Gasteiger charge is -2.40. The van der Waals surface area contributed by atoms with Gasteiger partial charge in [-0.3, -0.25) is 9.69 Å². The molecule has 0 spiro atoms. The number of amides is 2. The highest BCUT2D eigenvalue weighted by Crippen LogP contribution is 2.44. The summed E-state index contributed by atoms with van der Waals surface area (Å²) in [6.45, 7) is 8.71. The zero-order valence-corrected chi connectivity index (χ0v) is 24.9. The maximum Gasteiger partial charge on any atom is 0.408 e. The van der Waals surface area contributed by atoms with E-state index in [1.165, 1.54) is 15.5 Å². The van der Waals surface area contributed by atoms with Crippen molar-refractivity contribution in [3.8, 4) is 11.4 Å². The minimum atomic E-state index is -0.984. The van der Waals surface area contributed by atoms with Crippen LogP contribution in [0, 0.1) is 24.6 Å². The summed E-state index contributed by atoms with van der Waals surface area (Å²) in [4.78, 5) is 33.9. The van der Waals surface area contributed by atoms with Gasteiger partial charge in [0, 0.05) is 35.8 Å². The molecule has 220 valence electrons. The standard InChI is InChI=1S/C31H34ClFN6O3/c1-16-25(23-12-18-8-10-24(32)34-28(18)36(23)13-17-5-6-17)35-38-15-20(11-21(33)26(16)38)29(40)37-14-19-7-9-22(37)27(19)39(30(41)42)31(2,3)4/h8,10-12,15,17,19,22,27H,5-7,9,13-14H2,1-4H3,(H,41,42)/t19?,22?,27-/m1/s1. The summed E-state index contributed by atoms with van der Waals surface area (Å²) < 4.78 is 19.4. The molecule has 1 saturated heterocycles. The Morgan fingerprint density at radius 2 is 1.93 bits per heavy atom. The first-order chi connectivity index (χ1) is 19.9. The monoisotopic (exact) mass is 592 g/mol. The van der Waals surface area contributed by atoms with E-state index in [0.717, 1.165) is 49.0 Å². The molecule has 1 N–H and O–H groups in total. The quantitative estimate of drug-likeness (QED) is 0.277. The number of nitrogens with zero attached hydrogens (tertiary/aromatic N) is 6. The second kappa shape index (κ2) is 9.42. The van der Waals surface area contributed by atoms with Gasteiger partial charge in [-0.25, -0.2) is 18.7 Å². The first-order valence-electron chi connectivity index (χ1n) is 14.6. The lowest BCUT2D eigenvalue weighted by atomic mass is 9.98. The Hall–Kier alpha value is -3.66. The van der Waals surface area contributed by atoms with Crippen LogP contribution < -0.4 is 0 Å². The molecule has 2 unspecified atom stereocenters. The summed E-state index contributed by atoms with van der Waals surface area (Å²) >= 11 is 6.24. The van der Waals surface area contributed by atoms with Crippen LogP contribution in [0.4, 0.5) is 9.18 Å². The fourth-order valence-corrected chi connectivity index (χ4v) is 7.43. The van der Waals surface area contributed by atoms with Crippen molar-refractivity contribution >= 4 is 40.2 Å². The van der Waals surface area contributed by atoms with Crippen molar-refractivity contribution in [3.05, 3.63) is 52.6 Å². The fourth-order valence-electron chi connectivity index (χ4n) is 7.29. The van der Waals surface area contributed by atoms with Crippen LogP contribution in [0.2, 0.25) is 5.15 Å². The van der Waals surface area contributed by atoms with Crippen LogP contribution in [0.3, 0.4) is 0 Å². The summed E-state index contributed by atoms with van der Waals surface area (Å²) in [5.74, 6) is -0.209. The Labute approximate surface area is 247 Å². The van der Waals surface area contributed by atoms with E-state index in [1.54, 1.807) is 17.2 Å². The molecule has 2 saturated carbocycles. The van der Waals surface area contributed by atoms with E-state index in [9.17, 15) is 14.7 Å². The van der Waals surface area contributed by atoms with Crippen LogP contribution in [0.25, 0.3) is 27.9 Å². The minimum absolute atomic E-state index is 0.0527. The van der Waals surface area contributed by atoms with E-state index in [1.807, 2.05) is 39.8 Å². The van der Waals surface area contributed by atoms with Crippen molar-refractivity contribution in [2.45, 2.75) is 77.5 Å². The van der Waals surface area contributed by atoms with Crippen LogP contribution >= 0.6 is 11.6 Å². The molecule has 2 aliphatic carbocycles. The van der Waals surface area contributed by atoms with Crippen molar-refractivity contribution in [1.82, 2.24) is 29.0 Å². The lowest BCUT2D eigenvalue weighted by molar-refractivity contribution is 0.0503. The average molecular weight is 593 g/mol. The fraction of sp³-hybridized carbons (Fsp3) is 0.484. The third-order valence-electron chi connectivity index (χ3n) is 9.28. The van der Waals surface area contributed by atoms with Gasteiger partial charge in [0.1, 0.15) is 27.8 Å². The third-order valence-corrected chi connectivity index (χ3v) is 9.49. The number of carboxylic acid groups (broad SMARTS) is 1. The predicted molar refractivity (Wildman–Crippen MR) is 157 cm³/mol. The number of carbonyl (C=O) groups is 2. The Bertz CT molecular complexity index is 1770. The Balaban J connectivity index is 1.26. The second-order valence-electron chi connectivity index (χ2n) is 13.2. The van der Waals surface area contributed by atoms with E-state index in [2.05, 4.69) is 9.55 Å². The summed E-state index contributed by atoms with van der Waals surface area (Å²) in [6.07, 6.45) is 4.51. The summed E-state index contributed by atoms with van der Waals surface area (Å²) in [5, 5.41) is 16.2. The number of piperidine rings is 1. The van der Waals surface area contributed by atoms with Gasteiger partial charge in [0.15, 0.2) is 0 Å². The van der Waals surface area contributed by atoms with Gasteiger partial charge in [0.05, 0.1) is 23.3 Å². The van der Waals surface area contributed by atoms with Crippen LogP contribution in [0.15, 0.2) is 30.5 Å². The smallest absolute Gasteiger partial charge is 0.408 e. The normalized spacial score (nSPS) is 22.0. The largest absolute Gasteiger partial charge is 0.465 e. The molecule has 11 heteroatoms. The van der Waals surface area contributed by atoms with Gasteiger partial charge in [-0.05, 0) is 89.5 Å². The van der Waals surface area contributed by atoms with Crippen LogP contribution in [0.5, 0.6) is 0 Å². The van der Waals surface area contributed by atoms with Crippen molar-refractivity contribution < 1.29 is 19.1 Å². The zero-order chi connectivity index (χ0) is 29.7. The van der Waals surface area contributed by atoms with Crippen LogP contribution in [0.1, 0.15) is 62.4 Å². The number of likely N-dealkylation sites (tertiary alicyclic amines) is 1. The predicted octanol–water partition coefficient (Wildman–Crippen LogP) is 6.24. The van der Waals surface area contributed by atoms with Gasteiger partial charge in [-0.2, -0.15) is 5.10 Å². The number of aryl methyl sites for hydroxylation is 1. The minimum Gasteiger partial charge on any atom is -0.465 e. The molecule has 42 heavy (non-hydrogen) atoms. The molecule has 2 amide bonds. The molecule has 3 atom stereocenters. The molecule has 4 aromatic rings.